The van der Waals surface area contributed by atoms with Gasteiger partial charge in [-0.1, -0.05) is 54.0 Å². The average Bonchev–Trinajstić information content (AvgIpc) is 2.52. The van der Waals surface area contributed by atoms with Gasteiger partial charge in [0, 0.05) is 5.69 Å². The molecule has 0 spiro atoms. The highest BCUT2D eigenvalue weighted by atomic mass is 127. The Morgan fingerprint density at radius 1 is 1.12 bits per heavy atom. The van der Waals surface area contributed by atoms with Crippen LogP contribution in [-0.4, -0.2) is 35.7 Å². The number of hydrogen-bond acceptors (Lipinski definition) is 4. The van der Waals surface area contributed by atoms with Gasteiger partial charge in [-0.25, -0.2) is 8.42 Å². The summed E-state index contributed by atoms with van der Waals surface area (Å²) < 4.78 is 27.8. The van der Waals surface area contributed by atoms with Crippen LogP contribution in [0.15, 0.2) is 24.3 Å². The lowest BCUT2D eigenvalue weighted by atomic mass is 10.1. The lowest BCUT2D eigenvalue weighted by Crippen LogP contribution is -2.32. The van der Waals surface area contributed by atoms with Crippen LogP contribution in [-0.2, 0) is 21.2 Å². The molecule has 8 heteroatoms. The summed E-state index contributed by atoms with van der Waals surface area (Å²) in [6.07, 6.45) is 5.18. The molecule has 1 rings (SSSR count). The van der Waals surface area contributed by atoms with Crippen molar-refractivity contribution in [3.8, 4) is 0 Å². The van der Waals surface area contributed by atoms with Gasteiger partial charge >= 0.3 is 5.97 Å². The summed E-state index contributed by atoms with van der Waals surface area (Å²) in [5, 5.41) is 8.78. The number of rotatable bonds is 12. The SMILES string of the molecule is NC(Cc1ccc(NS(=O)(=O)CCCCCCCI)cc1)C(=O)O. The fourth-order valence-electron chi connectivity index (χ4n) is 2.20. The van der Waals surface area contributed by atoms with E-state index in [1.54, 1.807) is 24.3 Å². The van der Waals surface area contributed by atoms with Crippen molar-refractivity contribution in [2.75, 3.05) is 14.9 Å². The van der Waals surface area contributed by atoms with E-state index in [9.17, 15) is 13.2 Å². The van der Waals surface area contributed by atoms with Gasteiger partial charge in [0.2, 0.25) is 10.0 Å². The fraction of sp³-hybridized carbons (Fsp3) is 0.562. The number of nitrogens with one attached hydrogen (secondary N) is 1. The van der Waals surface area contributed by atoms with E-state index in [1.807, 2.05) is 0 Å². The van der Waals surface area contributed by atoms with Gasteiger partial charge < -0.3 is 10.8 Å². The Morgan fingerprint density at radius 2 is 1.71 bits per heavy atom. The quantitative estimate of drug-likeness (QED) is 0.248. The number of carboxylic acids is 1. The van der Waals surface area contributed by atoms with Gasteiger partial charge in [0.05, 0.1) is 5.75 Å². The number of hydrogen-bond donors (Lipinski definition) is 3. The van der Waals surface area contributed by atoms with Gasteiger partial charge in [-0.3, -0.25) is 9.52 Å². The van der Waals surface area contributed by atoms with E-state index in [0.29, 0.717) is 12.1 Å². The van der Waals surface area contributed by atoms with Crippen LogP contribution in [0, 0.1) is 0 Å². The number of carbonyl (C=O) groups is 1. The molecule has 0 fully saturated rings. The predicted octanol–water partition coefficient (Wildman–Crippen LogP) is 2.77. The van der Waals surface area contributed by atoms with Crippen molar-refractivity contribution in [3.05, 3.63) is 29.8 Å². The number of nitrogens with two attached hydrogens (primary N) is 1. The molecule has 0 aliphatic rings. The van der Waals surface area contributed by atoms with Gasteiger partial charge in [-0.2, -0.15) is 0 Å². The molecule has 136 valence electrons. The minimum absolute atomic E-state index is 0.114. The summed E-state index contributed by atoms with van der Waals surface area (Å²) >= 11 is 2.34. The van der Waals surface area contributed by atoms with E-state index in [0.717, 1.165) is 29.3 Å². The summed E-state index contributed by atoms with van der Waals surface area (Å²) in [5.74, 6) is -0.943. The molecular formula is C16H25IN2O4S. The minimum Gasteiger partial charge on any atom is -0.480 e. The maximum Gasteiger partial charge on any atom is 0.320 e. The number of sulfonamides is 1. The summed E-state index contributed by atoms with van der Waals surface area (Å²) in [4.78, 5) is 10.7. The third-order valence-electron chi connectivity index (χ3n) is 3.55. The molecule has 0 amide bonds. The second-order valence-corrected chi connectivity index (χ2v) is 8.64. The Balaban J connectivity index is 2.42. The molecular weight excluding hydrogens is 443 g/mol. The molecule has 0 saturated heterocycles. The van der Waals surface area contributed by atoms with Gasteiger partial charge in [-0.15, -0.1) is 0 Å². The van der Waals surface area contributed by atoms with Gasteiger partial charge in [0.25, 0.3) is 0 Å². The largest absolute Gasteiger partial charge is 0.480 e. The highest BCUT2D eigenvalue weighted by Crippen LogP contribution is 2.14. The topological polar surface area (TPSA) is 109 Å². The predicted molar refractivity (Wildman–Crippen MR) is 105 cm³/mol. The van der Waals surface area contributed by atoms with Gasteiger partial charge in [0.15, 0.2) is 0 Å². The summed E-state index contributed by atoms with van der Waals surface area (Å²) in [5.41, 5.74) is 6.71. The van der Waals surface area contributed by atoms with Crippen molar-refractivity contribution in [2.45, 2.75) is 44.6 Å². The number of anilines is 1. The average molecular weight is 468 g/mol. The Bertz CT molecular complexity index is 605. The molecule has 4 N–H and O–H groups in total. The third-order valence-corrected chi connectivity index (χ3v) is 5.68. The fourth-order valence-corrected chi connectivity index (χ4v) is 3.92. The molecule has 1 unspecified atom stereocenters. The molecule has 1 aromatic rings. The van der Waals surface area contributed by atoms with Crippen LogP contribution in [0.1, 0.15) is 37.7 Å². The van der Waals surface area contributed by atoms with Crippen molar-refractivity contribution in [3.63, 3.8) is 0 Å². The summed E-state index contributed by atoms with van der Waals surface area (Å²) in [6, 6.07) is 5.67. The number of aliphatic carboxylic acids is 1. The standard InChI is InChI=1S/C16H25IN2O4S/c17-10-4-2-1-3-5-11-24(22,23)19-14-8-6-13(7-9-14)12-15(18)16(20)21/h6-9,15,19H,1-5,10-12,18H2,(H,20,21). The number of benzene rings is 1. The molecule has 1 atom stereocenters. The Kier molecular flexibility index (Phi) is 9.60. The molecule has 0 aliphatic carbocycles. The van der Waals surface area contributed by atoms with Crippen LogP contribution in [0.3, 0.4) is 0 Å². The summed E-state index contributed by atoms with van der Waals surface area (Å²) in [6.45, 7) is 0. The summed E-state index contributed by atoms with van der Waals surface area (Å²) in [7, 11) is -3.35. The molecule has 24 heavy (non-hydrogen) atoms. The Hall–Kier alpha value is -0.870. The zero-order valence-electron chi connectivity index (χ0n) is 13.6. The Morgan fingerprint density at radius 3 is 2.29 bits per heavy atom. The van der Waals surface area contributed by atoms with Crippen LogP contribution in [0.2, 0.25) is 0 Å². The molecule has 1 aromatic carbocycles. The zero-order valence-corrected chi connectivity index (χ0v) is 16.6. The number of carboxylic acid groups (broad SMARTS) is 1. The van der Waals surface area contributed by atoms with Crippen molar-refractivity contribution in [2.24, 2.45) is 5.73 Å². The van der Waals surface area contributed by atoms with Crippen molar-refractivity contribution >= 4 is 44.3 Å². The van der Waals surface area contributed by atoms with Crippen LogP contribution in [0.4, 0.5) is 5.69 Å². The van der Waals surface area contributed by atoms with Crippen LogP contribution < -0.4 is 10.5 Å². The normalized spacial score (nSPS) is 12.8. The van der Waals surface area contributed by atoms with E-state index in [-0.39, 0.29) is 12.2 Å². The van der Waals surface area contributed by atoms with Gasteiger partial charge in [-0.05, 0) is 41.4 Å². The van der Waals surface area contributed by atoms with Crippen molar-refractivity contribution in [1.29, 1.82) is 0 Å². The van der Waals surface area contributed by atoms with Crippen molar-refractivity contribution < 1.29 is 18.3 Å². The molecule has 0 saturated carbocycles. The molecule has 6 nitrogen and oxygen atoms in total. The smallest absolute Gasteiger partial charge is 0.320 e. The van der Waals surface area contributed by atoms with E-state index < -0.39 is 22.0 Å². The van der Waals surface area contributed by atoms with E-state index >= 15 is 0 Å². The number of alkyl halides is 1. The first-order valence-corrected chi connectivity index (χ1v) is 11.2. The second-order valence-electron chi connectivity index (χ2n) is 5.72. The lowest BCUT2D eigenvalue weighted by Gasteiger charge is -2.10. The van der Waals surface area contributed by atoms with E-state index in [2.05, 4.69) is 27.3 Å². The van der Waals surface area contributed by atoms with Crippen LogP contribution >= 0.6 is 22.6 Å². The molecule has 0 radical (unpaired) electrons. The zero-order chi connectivity index (χ0) is 18.0. The molecule has 0 heterocycles. The molecule has 0 bridgehead atoms. The monoisotopic (exact) mass is 468 g/mol. The third kappa shape index (κ3) is 8.84. The molecule has 0 aliphatic heterocycles. The minimum atomic E-state index is -3.35. The molecule has 0 aromatic heterocycles. The highest BCUT2D eigenvalue weighted by molar-refractivity contribution is 14.1. The highest BCUT2D eigenvalue weighted by Gasteiger charge is 2.13. The second kappa shape index (κ2) is 10.9. The van der Waals surface area contributed by atoms with E-state index in [4.69, 9.17) is 10.8 Å². The maximum absolute atomic E-state index is 12.0. The lowest BCUT2D eigenvalue weighted by molar-refractivity contribution is -0.138. The first-order chi connectivity index (χ1) is 11.3. The first-order valence-electron chi connectivity index (χ1n) is 7.98. The van der Waals surface area contributed by atoms with Crippen LogP contribution in [0.25, 0.3) is 0 Å². The van der Waals surface area contributed by atoms with Crippen LogP contribution in [0.5, 0.6) is 0 Å². The number of halogens is 1. The first kappa shape index (κ1) is 21.2. The number of unbranched alkanes of at least 4 members (excludes halogenated alkanes) is 4. The maximum atomic E-state index is 12.0. The Labute approximate surface area is 157 Å². The van der Waals surface area contributed by atoms with Crippen molar-refractivity contribution in [1.82, 2.24) is 0 Å². The van der Waals surface area contributed by atoms with E-state index in [1.165, 1.54) is 6.42 Å². The van der Waals surface area contributed by atoms with Gasteiger partial charge in [0.1, 0.15) is 6.04 Å².